The second kappa shape index (κ2) is 10.4. The van der Waals surface area contributed by atoms with Gasteiger partial charge in [0.1, 0.15) is 17.5 Å². The van der Waals surface area contributed by atoms with Gasteiger partial charge in [-0.2, -0.15) is 0 Å². The zero-order valence-corrected chi connectivity index (χ0v) is 21.6. The van der Waals surface area contributed by atoms with E-state index in [-0.39, 0.29) is 41.4 Å². The number of aromatic hydroxyl groups is 1. The first kappa shape index (κ1) is 25.7. The van der Waals surface area contributed by atoms with E-state index in [1.165, 1.54) is 31.4 Å². The second-order valence-electron chi connectivity index (χ2n) is 11.3. The van der Waals surface area contributed by atoms with Crippen LogP contribution in [0.3, 0.4) is 0 Å². The van der Waals surface area contributed by atoms with Gasteiger partial charge in [0.2, 0.25) is 5.91 Å². The summed E-state index contributed by atoms with van der Waals surface area (Å²) in [6, 6.07) is 5.71. The van der Waals surface area contributed by atoms with Crippen molar-refractivity contribution in [2.45, 2.75) is 76.6 Å². The monoisotopic (exact) mass is 506 g/mol. The second-order valence-corrected chi connectivity index (χ2v) is 11.3. The SMILES string of the molecule is CC(C)CC(NC(=O)C(Cc1ccc(O)cc1)NC(=O)c1cnccn1)B1OC2CC3CC(C3)C2(C)O1. The highest BCUT2D eigenvalue weighted by molar-refractivity contribution is 6.47. The van der Waals surface area contributed by atoms with Gasteiger partial charge in [-0.25, -0.2) is 4.98 Å². The molecule has 2 amide bonds. The van der Waals surface area contributed by atoms with Crippen molar-refractivity contribution in [2.24, 2.45) is 17.8 Å². The molecule has 37 heavy (non-hydrogen) atoms. The number of hydrogen-bond acceptors (Lipinski definition) is 7. The molecule has 4 fully saturated rings. The van der Waals surface area contributed by atoms with E-state index in [0.717, 1.165) is 17.9 Å². The average Bonchev–Trinajstić information content (AvgIpc) is 3.22. The maximum absolute atomic E-state index is 13.7. The Morgan fingerprint density at radius 1 is 1.16 bits per heavy atom. The fourth-order valence-electron chi connectivity index (χ4n) is 5.93. The number of phenolic OH excluding ortho intramolecular Hbond substituents is 1. The molecule has 0 spiro atoms. The lowest BCUT2D eigenvalue weighted by molar-refractivity contribution is -0.123. The minimum Gasteiger partial charge on any atom is -0.508 e. The van der Waals surface area contributed by atoms with Gasteiger partial charge in [0.25, 0.3) is 5.91 Å². The van der Waals surface area contributed by atoms with E-state index in [1.54, 1.807) is 24.3 Å². The third kappa shape index (κ3) is 5.50. The first-order valence-corrected chi connectivity index (χ1v) is 13.2. The van der Waals surface area contributed by atoms with E-state index in [2.05, 4.69) is 41.4 Å². The highest BCUT2D eigenvalue weighted by atomic mass is 16.7. The Morgan fingerprint density at radius 2 is 1.92 bits per heavy atom. The molecule has 4 atom stereocenters. The van der Waals surface area contributed by atoms with E-state index in [9.17, 15) is 14.7 Å². The summed E-state index contributed by atoms with van der Waals surface area (Å²) in [7, 11) is -0.536. The van der Waals surface area contributed by atoms with Gasteiger partial charge in [-0.3, -0.25) is 14.6 Å². The van der Waals surface area contributed by atoms with Crippen LogP contribution in [0.25, 0.3) is 0 Å². The van der Waals surface area contributed by atoms with Crippen LogP contribution in [0.5, 0.6) is 5.75 Å². The minimum absolute atomic E-state index is 0.0470. The predicted molar refractivity (Wildman–Crippen MR) is 137 cm³/mol. The number of phenols is 1. The molecule has 1 aromatic heterocycles. The molecule has 2 bridgehead atoms. The number of benzene rings is 1. The van der Waals surface area contributed by atoms with Gasteiger partial charge in [0, 0.05) is 18.8 Å². The quantitative estimate of drug-likeness (QED) is 0.447. The lowest BCUT2D eigenvalue weighted by Crippen LogP contribution is -2.57. The summed E-state index contributed by atoms with van der Waals surface area (Å²) >= 11 is 0. The van der Waals surface area contributed by atoms with Crippen LogP contribution >= 0.6 is 0 Å². The number of amides is 2. The topological polar surface area (TPSA) is 123 Å². The van der Waals surface area contributed by atoms with Crippen molar-refractivity contribution in [1.82, 2.24) is 20.6 Å². The zero-order valence-electron chi connectivity index (χ0n) is 21.6. The van der Waals surface area contributed by atoms with Crippen LogP contribution < -0.4 is 10.6 Å². The Morgan fingerprint density at radius 3 is 2.57 bits per heavy atom. The molecule has 6 rings (SSSR count). The Hall–Kier alpha value is -2.98. The van der Waals surface area contributed by atoms with Gasteiger partial charge in [-0.15, -0.1) is 0 Å². The standard InChI is InChI=1S/C27H35BN4O5/c1-16(2)10-24(28-36-23-14-18-11-19(12-18)27(23,3)37-28)32-25(34)21(13-17-4-6-20(33)7-5-17)31-26(35)22-15-29-8-9-30-22/h4-9,15-16,18-19,21,23-24,33H,10-14H2,1-3H3,(H,31,35)(H,32,34). The average molecular weight is 506 g/mol. The number of aromatic nitrogens is 2. The van der Waals surface area contributed by atoms with Gasteiger partial charge < -0.3 is 25.0 Å². The smallest absolute Gasteiger partial charge is 0.481 e. The summed E-state index contributed by atoms with van der Waals surface area (Å²) in [5.41, 5.74) is 0.609. The highest BCUT2D eigenvalue weighted by Gasteiger charge is 2.62. The van der Waals surface area contributed by atoms with Crippen LogP contribution in [-0.4, -0.2) is 57.7 Å². The van der Waals surface area contributed by atoms with Gasteiger partial charge in [0.05, 0.1) is 23.8 Å². The number of carbonyl (C=O) groups excluding carboxylic acids is 2. The van der Waals surface area contributed by atoms with Crippen LogP contribution in [0.1, 0.15) is 62.5 Å². The van der Waals surface area contributed by atoms with Crippen LogP contribution in [0.2, 0.25) is 0 Å². The molecule has 196 valence electrons. The van der Waals surface area contributed by atoms with Crippen molar-refractivity contribution in [3.63, 3.8) is 0 Å². The van der Waals surface area contributed by atoms with Crippen LogP contribution in [-0.2, 0) is 20.5 Å². The summed E-state index contributed by atoms with van der Waals surface area (Å²) in [6.45, 7) is 6.36. The lowest BCUT2D eigenvalue weighted by atomic mass is 9.57. The van der Waals surface area contributed by atoms with Crippen molar-refractivity contribution >= 4 is 18.9 Å². The van der Waals surface area contributed by atoms with Crippen LogP contribution in [0.15, 0.2) is 42.9 Å². The number of hydrogen-bond donors (Lipinski definition) is 3. The Balaban J connectivity index is 1.33. The highest BCUT2D eigenvalue weighted by Crippen LogP contribution is 2.56. The van der Waals surface area contributed by atoms with Crippen LogP contribution in [0, 0.1) is 17.8 Å². The first-order valence-electron chi connectivity index (χ1n) is 13.2. The Bertz CT molecular complexity index is 1110. The molecule has 10 heteroatoms. The molecule has 1 aliphatic heterocycles. The first-order chi connectivity index (χ1) is 17.7. The largest absolute Gasteiger partial charge is 0.508 e. The lowest BCUT2D eigenvalue weighted by Gasteiger charge is -2.53. The molecule has 4 unspecified atom stereocenters. The molecule has 9 nitrogen and oxygen atoms in total. The number of carbonyl (C=O) groups is 2. The maximum Gasteiger partial charge on any atom is 0.481 e. The molecule has 3 aliphatic carbocycles. The van der Waals surface area contributed by atoms with E-state index < -0.39 is 19.1 Å². The molecular formula is C27H35BN4O5. The fourth-order valence-corrected chi connectivity index (χ4v) is 5.93. The van der Waals surface area contributed by atoms with Gasteiger partial charge in [-0.05, 0) is 68.1 Å². The Kier molecular flexibility index (Phi) is 7.22. The molecule has 3 N–H and O–H groups in total. The third-order valence-electron chi connectivity index (χ3n) is 8.08. The molecule has 2 aromatic rings. The van der Waals surface area contributed by atoms with Gasteiger partial charge in [0.15, 0.2) is 0 Å². The number of nitrogens with one attached hydrogen (secondary N) is 2. The van der Waals surface area contributed by atoms with Crippen LogP contribution in [0.4, 0.5) is 0 Å². The van der Waals surface area contributed by atoms with Gasteiger partial charge >= 0.3 is 7.12 Å². The number of rotatable bonds is 9. The summed E-state index contributed by atoms with van der Waals surface area (Å²) in [5.74, 6) is 0.481. The summed E-state index contributed by atoms with van der Waals surface area (Å²) in [4.78, 5) is 34.6. The normalized spacial score (nSPS) is 27.7. The molecule has 2 heterocycles. The fraction of sp³-hybridized carbons (Fsp3) is 0.556. The molecule has 3 saturated carbocycles. The van der Waals surface area contributed by atoms with Crippen molar-refractivity contribution < 1.29 is 24.0 Å². The van der Waals surface area contributed by atoms with Crippen molar-refractivity contribution in [1.29, 1.82) is 0 Å². The molecule has 0 radical (unpaired) electrons. The van der Waals surface area contributed by atoms with Crippen molar-refractivity contribution in [2.75, 3.05) is 0 Å². The van der Waals surface area contributed by atoms with E-state index in [1.807, 2.05) is 0 Å². The van der Waals surface area contributed by atoms with E-state index >= 15 is 0 Å². The molecular weight excluding hydrogens is 471 g/mol. The summed E-state index contributed by atoms with van der Waals surface area (Å²) in [5, 5.41) is 15.6. The zero-order chi connectivity index (χ0) is 26.2. The maximum atomic E-state index is 13.7. The van der Waals surface area contributed by atoms with Gasteiger partial charge in [-0.1, -0.05) is 26.0 Å². The summed E-state index contributed by atoms with van der Waals surface area (Å²) < 4.78 is 13.0. The molecule has 1 saturated heterocycles. The predicted octanol–water partition coefficient (Wildman–Crippen LogP) is 2.69. The third-order valence-corrected chi connectivity index (χ3v) is 8.08. The molecule has 1 aromatic carbocycles. The van der Waals surface area contributed by atoms with E-state index in [4.69, 9.17) is 9.31 Å². The molecule has 4 aliphatic rings. The Labute approximate surface area is 217 Å². The number of nitrogens with zero attached hydrogens (tertiary/aromatic N) is 2. The minimum atomic E-state index is -0.874. The van der Waals surface area contributed by atoms with Crippen molar-refractivity contribution in [3.05, 3.63) is 54.1 Å². The van der Waals surface area contributed by atoms with E-state index in [0.29, 0.717) is 18.3 Å². The summed E-state index contributed by atoms with van der Waals surface area (Å²) in [6.07, 6.45) is 8.62. The van der Waals surface area contributed by atoms with Crippen molar-refractivity contribution in [3.8, 4) is 5.75 Å².